The molecule has 2 atom stereocenters. The van der Waals surface area contributed by atoms with Crippen LogP contribution in [0.2, 0.25) is 0 Å². The number of aliphatic carboxylic acids is 1. The number of furan rings is 1. The molecule has 0 radical (unpaired) electrons. The van der Waals surface area contributed by atoms with Gasteiger partial charge in [-0.15, -0.1) is 0 Å². The highest BCUT2D eigenvalue weighted by Gasteiger charge is 2.33. The number of rotatable bonds is 3. The van der Waals surface area contributed by atoms with E-state index in [1.807, 2.05) is 26.0 Å². The van der Waals surface area contributed by atoms with Crippen LogP contribution in [0.5, 0.6) is 0 Å². The summed E-state index contributed by atoms with van der Waals surface area (Å²) in [7, 11) is 0. The average Bonchev–Trinajstić information content (AvgIpc) is 3.14. The molecule has 2 N–H and O–H groups in total. The van der Waals surface area contributed by atoms with E-state index in [2.05, 4.69) is 10.2 Å². The van der Waals surface area contributed by atoms with Crippen LogP contribution in [0, 0.1) is 18.8 Å². The van der Waals surface area contributed by atoms with Gasteiger partial charge in [0.25, 0.3) is 5.91 Å². The molecular formula is C16H19N3O4. The summed E-state index contributed by atoms with van der Waals surface area (Å²) < 4.78 is 5.50. The Morgan fingerprint density at radius 1 is 1.43 bits per heavy atom. The maximum absolute atomic E-state index is 12.5. The number of carboxylic acids is 1. The first-order valence-electron chi connectivity index (χ1n) is 7.60. The predicted molar refractivity (Wildman–Crippen MR) is 81.8 cm³/mol. The van der Waals surface area contributed by atoms with Crippen molar-refractivity contribution in [2.24, 2.45) is 11.8 Å². The number of hydrogen-bond donors (Lipinski definition) is 2. The first kappa shape index (κ1) is 15.3. The minimum absolute atomic E-state index is 0.0728. The molecular weight excluding hydrogens is 298 g/mol. The van der Waals surface area contributed by atoms with Gasteiger partial charge in [-0.2, -0.15) is 5.10 Å². The Bertz CT molecular complexity index is 733. The lowest BCUT2D eigenvalue weighted by Crippen LogP contribution is -2.45. The number of aryl methyl sites for hydroxylation is 1. The first-order chi connectivity index (χ1) is 11.0. The third kappa shape index (κ3) is 2.99. The second kappa shape index (κ2) is 5.91. The molecule has 1 aliphatic rings. The van der Waals surface area contributed by atoms with Gasteiger partial charge in [0, 0.05) is 19.2 Å². The summed E-state index contributed by atoms with van der Waals surface area (Å²) >= 11 is 0. The van der Waals surface area contributed by atoms with Crippen LogP contribution in [0.15, 0.2) is 22.6 Å². The van der Waals surface area contributed by atoms with Crippen molar-refractivity contribution in [2.45, 2.75) is 20.3 Å². The number of carbonyl (C=O) groups excluding carboxylic acids is 1. The molecule has 0 saturated carbocycles. The van der Waals surface area contributed by atoms with Crippen LogP contribution in [0.1, 0.15) is 29.6 Å². The molecule has 0 spiro atoms. The smallest absolute Gasteiger partial charge is 0.306 e. The molecule has 7 heteroatoms. The van der Waals surface area contributed by atoms with Gasteiger partial charge in [-0.25, -0.2) is 0 Å². The van der Waals surface area contributed by atoms with Gasteiger partial charge >= 0.3 is 5.97 Å². The summed E-state index contributed by atoms with van der Waals surface area (Å²) in [5.74, 6) is -0.0263. The van der Waals surface area contributed by atoms with Crippen molar-refractivity contribution < 1.29 is 19.1 Å². The van der Waals surface area contributed by atoms with Crippen molar-refractivity contribution in [3.63, 3.8) is 0 Å². The molecule has 1 saturated heterocycles. The van der Waals surface area contributed by atoms with E-state index in [4.69, 9.17) is 9.52 Å². The summed E-state index contributed by atoms with van der Waals surface area (Å²) in [6.07, 6.45) is 0.469. The van der Waals surface area contributed by atoms with Crippen LogP contribution in [0.4, 0.5) is 0 Å². The molecule has 7 nitrogen and oxygen atoms in total. The topological polar surface area (TPSA) is 99.4 Å². The number of carboxylic acid groups (broad SMARTS) is 1. The van der Waals surface area contributed by atoms with Crippen molar-refractivity contribution in [3.8, 4) is 11.5 Å². The lowest BCUT2D eigenvalue weighted by atomic mass is 9.87. The monoisotopic (exact) mass is 317 g/mol. The zero-order valence-corrected chi connectivity index (χ0v) is 13.1. The van der Waals surface area contributed by atoms with Crippen molar-refractivity contribution in [1.29, 1.82) is 0 Å². The summed E-state index contributed by atoms with van der Waals surface area (Å²) in [6.45, 7) is 4.57. The zero-order valence-electron chi connectivity index (χ0n) is 13.1. The Balaban J connectivity index is 1.72. The van der Waals surface area contributed by atoms with Crippen LogP contribution < -0.4 is 0 Å². The van der Waals surface area contributed by atoms with Gasteiger partial charge in [0.15, 0.2) is 11.5 Å². The maximum atomic E-state index is 12.5. The molecule has 1 fully saturated rings. The number of H-pyrrole nitrogens is 1. The minimum Gasteiger partial charge on any atom is -0.481 e. The lowest BCUT2D eigenvalue weighted by molar-refractivity contribution is -0.145. The lowest BCUT2D eigenvalue weighted by Gasteiger charge is -2.34. The fourth-order valence-electron chi connectivity index (χ4n) is 3.00. The van der Waals surface area contributed by atoms with Crippen molar-refractivity contribution in [2.75, 3.05) is 13.1 Å². The maximum Gasteiger partial charge on any atom is 0.306 e. The fraction of sp³-hybridized carbons (Fsp3) is 0.438. The molecule has 0 aromatic carbocycles. The molecule has 3 heterocycles. The van der Waals surface area contributed by atoms with E-state index in [-0.39, 0.29) is 17.7 Å². The van der Waals surface area contributed by atoms with Crippen molar-refractivity contribution >= 4 is 11.9 Å². The van der Waals surface area contributed by atoms with E-state index >= 15 is 0 Å². The third-order valence-corrected chi connectivity index (χ3v) is 4.31. The molecule has 23 heavy (non-hydrogen) atoms. The summed E-state index contributed by atoms with van der Waals surface area (Å²) in [6, 6.07) is 5.32. The highest BCUT2D eigenvalue weighted by molar-refractivity contribution is 5.93. The van der Waals surface area contributed by atoms with Crippen LogP contribution in [0.3, 0.4) is 0 Å². The number of aromatic amines is 1. The molecule has 1 amide bonds. The predicted octanol–water partition coefficient (Wildman–Crippen LogP) is 2.16. The highest BCUT2D eigenvalue weighted by Crippen LogP contribution is 2.25. The van der Waals surface area contributed by atoms with E-state index in [0.717, 1.165) is 5.76 Å². The molecule has 1 aliphatic heterocycles. The highest BCUT2D eigenvalue weighted by atomic mass is 16.4. The standard InChI is InChI=1S/C16H19N3O4/c1-9-8-19(6-5-11(9)16(21)22)15(20)13-7-12(17-18-13)14-4-3-10(2)23-14/h3-4,7,9,11H,5-6,8H2,1-2H3,(H,17,18)(H,21,22). The third-order valence-electron chi connectivity index (χ3n) is 4.31. The molecule has 2 aromatic heterocycles. The van der Waals surface area contributed by atoms with Crippen LogP contribution in [0.25, 0.3) is 11.5 Å². The number of aromatic nitrogens is 2. The van der Waals surface area contributed by atoms with Gasteiger partial charge in [0.05, 0.1) is 5.92 Å². The van der Waals surface area contributed by atoms with Crippen LogP contribution in [-0.4, -0.2) is 45.2 Å². The fourth-order valence-corrected chi connectivity index (χ4v) is 3.00. The van der Waals surface area contributed by atoms with Gasteiger partial charge < -0.3 is 14.4 Å². The van der Waals surface area contributed by atoms with E-state index in [9.17, 15) is 9.59 Å². The van der Waals surface area contributed by atoms with Gasteiger partial charge in [0.1, 0.15) is 11.5 Å². The second-order valence-electron chi connectivity index (χ2n) is 6.04. The number of nitrogens with one attached hydrogen (secondary N) is 1. The number of hydrogen-bond acceptors (Lipinski definition) is 4. The molecule has 2 unspecified atom stereocenters. The molecule has 3 rings (SSSR count). The first-order valence-corrected chi connectivity index (χ1v) is 7.60. The quantitative estimate of drug-likeness (QED) is 0.903. The van der Waals surface area contributed by atoms with E-state index in [1.54, 1.807) is 11.0 Å². The van der Waals surface area contributed by atoms with Gasteiger partial charge in [-0.05, 0) is 31.4 Å². The summed E-state index contributed by atoms with van der Waals surface area (Å²) in [5.41, 5.74) is 0.963. The molecule has 122 valence electrons. The van der Waals surface area contributed by atoms with E-state index in [1.165, 1.54) is 0 Å². The minimum atomic E-state index is -0.792. The molecule has 2 aromatic rings. The van der Waals surface area contributed by atoms with E-state index in [0.29, 0.717) is 36.7 Å². The number of nitrogens with zero attached hydrogens (tertiary/aromatic N) is 2. The van der Waals surface area contributed by atoms with Crippen molar-refractivity contribution in [3.05, 3.63) is 29.7 Å². The summed E-state index contributed by atoms with van der Waals surface area (Å²) in [5, 5.41) is 16.0. The molecule has 0 bridgehead atoms. The molecule has 0 aliphatic carbocycles. The number of carbonyl (C=O) groups is 2. The van der Waals surface area contributed by atoms with Crippen LogP contribution in [-0.2, 0) is 4.79 Å². The average molecular weight is 317 g/mol. The number of likely N-dealkylation sites (tertiary alicyclic amines) is 1. The number of piperidine rings is 1. The van der Waals surface area contributed by atoms with Crippen molar-refractivity contribution in [1.82, 2.24) is 15.1 Å². The Morgan fingerprint density at radius 2 is 2.22 bits per heavy atom. The largest absolute Gasteiger partial charge is 0.481 e. The van der Waals surface area contributed by atoms with Crippen LogP contribution >= 0.6 is 0 Å². The zero-order chi connectivity index (χ0) is 16.6. The Morgan fingerprint density at radius 3 is 2.83 bits per heavy atom. The Hall–Kier alpha value is -2.57. The SMILES string of the molecule is Cc1ccc(-c2cc(C(=O)N3CCC(C(=O)O)C(C)C3)n[nH]2)o1. The Labute approximate surface area is 133 Å². The number of amides is 1. The summed E-state index contributed by atoms with van der Waals surface area (Å²) in [4.78, 5) is 25.3. The Kier molecular flexibility index (Phi) is 3.94. The van der Waals surface area contributed by atoms with Gasteiger partial charge in [-0.1, -0.05) is 6.92 Å². The van der Waals surface area contributed by atoms with Gasteiger partial charge in [-0.3, -0.25) is 14.7 Å². The normalized spacial score (nSPS) is 21.4. The van der Waals surface area contributed by atoms with Gasteiger partial charge in [0.2, 0.25) is 0 Å². The second-order valence-corrected chi connectivity index (χ2v) is 6.04. The van der Waals surface area contributed by atoms with E-state index < -0.39 is 5.97 Å².